The standard InChI is InChI=1S/C25H32N6O3/c1-16-22(28-29-31(16)20-12-13-21-17(15-20)7-6-14-26-21)23(32)30(5)19-10-8-18(9-11-19)27-24(33)34-25(2,3)4/h6-7,12-15,18-19H,8-11H2,1-5H3,(H,27,33). The molecule has 0 radical (unpaired) electrons. The Morgan fingerprint density at radius 1 is 1.15 bits per heavy atom. The molecule has 2 heterocycles. The number of carbonyl (C=O) groups excluding carboxylic acids is 2. The van der Waals surface area contributed by atoms with E-state index in [1.54, 1.807) is 15.8 Å². The fraction of sp³-hybridized carbons (Fsp3) is 0.480. The van der Waals surface area contributed by atoms with Gasteiger partial charge in [-0.3, -0.25) is 9.78 Å². The van der Waals surface area contributed by atoms with Crippen molar-refractivity contribution in [1.29, 1.82) is 0 Å². The first-order chi connectivity index (χ1) is 16.1. The van der Waals surface area contributed by atoms with E-state index in [9.17, 15) is 9.59 Å². The second kappa shape index (κ2) is 9.40. The van der Waals surface area contributed by atoms with E-state index in [0.717, 1.165) is 42.3 Å². The Balaban J connectivity index is 1.40. The van der Waals surface area contributed by atoms with Gasteiger partial charge in [0.15, 0.2) is 5.69 Å². The maximum Gasteiger partial charge on any atom is 0.407 e. The Kier molecular flexibility index (Phi) is 6.54. The van der Waals surface area contributed by atoms with Crippen LogP contribution in [0.2, 0.25) is 0 Å². The molecule has 1 aromatic carbocycles. The van der Waals surface area contributed by atoms with Crippen molar-refractivity contribution in [2.24, 2.45) is 0 Å². The van der Waals surface area contributed by atoms with Crippen LogP contribution in [0.5, 0.6) is 0 Å². The van der Waals surface area contributed by atoms with Crippen LogP contribution in [0.1, 0.15) is 62.6 Å². The molecular formula is C25H32N6O3. The van der Waals surface area contributed by atoms with Crippen LogP contribution in [0, 0.1) is 6.92 Å². The largest absolute Gasteiger partial charge is 0.444 e. The zero-order valence-corrected chi connectivity index (χ0v) is 20.4. The lowest BCUT2D eigenvalue weighted by Crippen LogP contribution is -2.45. The third-order valence-corrected chi connectivity index (χ3v) is 6.21. The van der Waals surface area contributed by atoms with Gasteiger partial charge in [-0.25, -0.2) is 9.48 Å². The minimum atomic E-state index is -0.521. The van der Waals surface area contributed by atoms with Gasteiger partial charge in [-0.15, -0.1) is 5.10 Å². The Bertz CT molecular complexity index is 1190. The summed E-state index contributed by atoms with van der Waals surface area (Å²) in [5.74, 6) is -0.144. The Morgan fingerprint density at radius 3 is 2.59 bits per heavy atom. The molecule has 0 bridgehead atoms. The lowest BCUT2D eigenvalue weighted by molar-refractivity contribution is 0.0468. The van der Waals surface area contributed by atoms with Crippen molar-refractivity contribution in [3.63, 3.8) is 0 Å². The number of pyridine rings is 1. The molecule has 1 aliphatic rings. The maximum atomic E-state index is 13.2. The number of amides is 2. The fourth-order valence-corrected chi connectivity index (χ4v) is 4.38. The van der Waals surface area contributed by atoms with Crippen molar-refractivity contribution in [3.8, 4) is 5.69 Å². The monoisotopic (exact) mass is 464 g/mol. The SMILES string of the molecule is Cc1c(C(=O)N(C)C2CCC(NC(=O)OC(C)(C)C)CC2)nnn1-c1ccc2ncccc2c1. The summed E-state index contributed by atoms with van der Waals surface area (Å²) in [7, 11) is 1.81. The molecule has 0 aliphatic heterocycles. The van der Waals surface area contributed by atoms with Crippen molar-refractivity contribution in [1.82, 2.24) is 30.2 Å². The molecule has 4 rings (SSSR count). The summed E-state index contributed by atoms with van der Waals surface area (Å²) in [5, 5.41) is 12.4. The first-order valence-corrected chi connectivity index (χ1v) is 11.7. The van der Waals surface area contributed by atoms with E-state index >= 15 is 0 Å². The van der Waals surface area contributed by atoms with Gasteiger partial charge in [0, 0.05) is 30.7 Å². The van der Waals surface area contributed by atoms with Gasteiger partial charge in [0.05, 0.1) is 16.9 Å². The number of ether oxygens (including phenoxy) is 1. The summed E-state index contributed by atoms with van der Waals surface area (Å²) in [5.41, 5.74) is 2.26. The van der Waals surface area contributed by atoms with Gasteiger partial charge in [-0.2, -0.15) is 0 Å². The summed E-state index contributed by atoms with van der Waals surface area (Å²) in [6, 6.07) is 9.87. The number of benzene rings is 1. The summed E-state index contributed by atoms with van der Waals surface area (Å²) in [4.78, 5) is 31.4. The average Bonchev–Trinajstić information content (AvgIpc) is 3.18. The smallest absolute Gasteiger partial charge is 0.407 e. The number of alkyl carbamates (subject to hydrolysis) is 1. The predicted molar refractivity (Wildman–Crippen MR) is 129 cm³/mol. The predicted octanol–water partition coefficient (Wildman–Crippen LogP) is 4.03. The van der Waals surface area contributed by atoms with Gasteiger partial charge in [0.1, 0.15) is 5.60 Å². The van der Waals surface area contributed by atoms with Crippen molar-refractivity contribution in [2.75, 3.05) is 7.05 Å². The molecule has 0 spiro atoms. The van der Waals surface area contributed by atoms with Crippen LogP contribution in [-0.2, 0) is 4.74 Å². The highest BCUT2D eigenvalue weighted by Crippen LogP contribution is 2.25. The van der Waals surface area contributed by atoms with Crippen molar-refractivity contribution in [2.45, 2.75) is 71.1 Å². The topological polar surface area (TPSA) is 102 Å². The summed E-state index contributed by atoms with van der Waals surface area (Å²) in [6.45, 7) is 7.40. The van der Waals surface area contributed by atoms with E-state index < -0.39 is 11.7 Å². The number of aromatic nitrogens is 4. The molecule has 9 nitrogen and oxygen atoms in total. The van der Waals surface area contributed by atoms with E-state index in [4.69, 9.17) is 4.74 Å². The third kappa shape index (κ3) is 5.18. The van der Waals surface area contributed by atoms with Crippen molar-refractivity contribution >= 4 is 22.9 Å². The molecule has 1 saturated carbocycles. The van der Waals surface area contributed by atoms with Crippen LogP contribution in [0.4, 0.5) is 4.79 Å². The Morgan fingerprint density at radius 2 is 1.88 bits per heavy atom. The van der Waals surface area contributed by atoms with E-state index in [-0.39, 0.29) is 18.0 Å². The second-order valence-electron chi connectivity index (χ2n) is 9.88. The fourth-order valence-electron chi connectivity index (χ4n) is 4.38. The van der Waals surface area contributed by atoms with Crippen LogP contribution in [0.25, 0.3) is 16.6 Å². The molecule has 2 aromatic heterocycles. The van der Waals surface area contributed by atoms with Crippen molar-refractivity contribution in [3.05, 3.63) is 47.9 Å². The lowest BCUT2D eigenvalue weighted by atomic mass is 9.90. The molecule has 9 heteroatoms. The summed E-state index contributed by atoms with van der Waals surface area (Å²) >= 11 is 0. The highest BCUT2D eigenvalue weighted by Gasteiger charge is 2.31. The van der Waals surface area contributed by atoms with Crippen LogP contribution in [-0.4, -0.2) is 61.6 Å². The molecule has 3 aromatic rings. The van der Waals surface area contributed by atoms with E-state index in [1.807, 2.05) is 65.1 Å². The Hall–Kier alpha value is -3.49. The number of hydrogen-bond donors (Lipinski definition) is 1. The van der Waals surface area contributed by atoms with Crippen LogP contribution < -0.4 is 5.32 Å². The molecular weight excluding hydrogens is 432 g/mol. The van der Waals surface area contributed by atoms with E-state index in [0.29, 0.717) is 11.4 Å². The van der Waals surface area contributed by atoms with Gasteiger partial charge in [-0.05, 0) is 77.6 Å². The van der Waals surface area contributed by atoms with Gasteiger partial charge in [-0.1, -0.05) is 11.3 Å². The number of rotatable bonds is 4. The van der Waals surface area contributed by atoms with E-state index in [2.05, 4.69) is 20.6 Å². The highest BCUT2D eigenvalue weighted by atomic mass is 16.6. The number of nitrogens with zero attached hydrogens (tertiary/aromatic N) is 5. The van der Waals surface area contributed by atoms with Gasteiger partial charge >= 0.3 is 6.09 Å². The average molecular weight is 465 g/mol. The first-order valence-electron chi connectivity index (χ1n) is 11.7. The van der Waals surface area contributed by atoms with Gasteiger partial charge in [0.25, 0.3) is 5.91 Å². The molecule has 34 heavy (non-hydrogen) atoms. The second-order valence-corrected chi connectivity index (χ2v) is 9.88. The first kappa shape index (κ1) is 23.7. The zero-order chi connectivity index (χ0) is 24.5. The normalized spacial score (nSPS) is 18.5. The molecule has 180 valence electrons. The molecule has 0 atom stereocenters. The minimum absolute atomic E-state index is 0.0552. The summed E-state index contributed by atoms with van der Waals surface area (Å²) < 4.78 is 7.04. The Labute approximate surface area is 199 Å². The van der Waals surface area contributed by atoms with E-state index in [1.165, 1.54) is 0 Å². The van der Waals surface area contributed by atoms with Crippen LogP contribution >= 0.6 is 0 Å². The maximum absolute atomic E-state index is 13.2. The quantitative estimate of drug-likeness (QED) is 0.625. The van der Waals surface area contributed by atoms with Crippen molar-refractivity contribution < 1.29 is 14.3 Å². The third-order valence-electron chi connectivity index (χ3n) is 6.21. The molecule has 1 N–H and O–H groups in total. The van der Waals surface area contributed by atoms with Crippen LogP contribution in [0.3, 0.4) is 0 Å². The lowest BCUT2D eigenvalue weighted by Gasteiger charge is -2.35. The summed E-state index contributed by atoms with van der Waals surface area (Å²) in [6.07, 6.45) is 4.55. The number of carbonyl (C=O) groups is 2. The molecule has 2 amide bonds. The number of fused-ring (bicyclic) bond motifs is 1. The molecule has 1 aliphatic carbocycles. The minimum Gasteiger partial charge on any atom is -0.444 e. The molecule has 0 unspecified atom stereocenters. The zero-order valence-electron chi connectivity index (χ0n) is 20.4. The van der Waals surface area contributed by atoms with Crippen LogP contribution in [0.15, 0.2) is 36.5 Å². The molecule has 1 fully saturated rings. The number of hydrogen-bond acceptors (Lipinski definition) is 6. The van der Waals surface area contributed by atoms with Gasteiger partial charge < -0.3 is 15.0 Å². The highest BCUT2D eigenvalue weighted by molar-refractivity contribution is 5.93. The molecule has 0 saturated heterocycles. The number of nitrogens with one attached hydrogen (secondary N) is 1. The van der Waals surface area contributed by atoms with Gasteiger partial charge in [0.2, 0.25) is 0 Å².